The monoisotopic (exact) mass is 302 g/mol. The summed E-state index contributed by atoms with van der Waals surface area (Å²) in [4.78, 5) is 0.195. The van der Waals surface area contributed by atoms with Gasteiger partial charge in [0.2, 0.25) is 5.88 Å². The molecule has 2 aromatic rings. The van der Waals surface area contributed by atoms with Crippen molar-refractivity contribution in [2.75, 3.05) is 6.26 Å². The molecular formula is C12H12F2N2O3S. The number of benzene rings is 1. The SMILES string of the molecule is Cc1cc(-c2c[nH]nc2OC(F)F)ccc1S(C)(=O)=O. The highest BCUT2D eigenvalue weighted by atomic mass is 32.2. The van der Waals surface area contributed by atoms with Crippen LogP contribution >= 0.6 is 0 Å². The van der Waals surface area contributed by atoms with E-state index < -0.39 is 16.4 Å². The summed E-state index contributed by atoms with van der Waals surface area (Å²) in [6.07, 6.45) is 2.52. The summed E-state index contributed by atoms with van der Waals surface area (Å²) >= 11 is 0. The summed E-state index contributed by atoms with van der Waals surface area (Å²) in [5.74, 6) is -0.230. The van der Waals surface area contributed by atoms with Gasteiger partial charge in [0.15, 0.2) is 9.84 Å². The van der Waals surface area contributed by atoms with Gasteiger partial charge in [-0.3, -0.25) is 5.10 Å². The molecular weight excluding hydrogens is 290 g/mol. The van der Waals surface area contributed by atoms with Gasteiger partial charge >= 0.3 is 6.61 Å². The third-order valence-corrected chi connectivity index (χ3v) is 3.95. The smallest absolute Gasteiger partial charge is 0.388 e. The summed E-state index contributed by atoms with van der Waals surface area (Å²) in [6, 6.07) is 4.53. The number of nitrogens with zero attached hydrogens (tertiary/aromatic N) is 1. The van der Waals surface area contributed by atoms with Crippen LogP contribution in [0.5, 0.6) is 5.88 Å². The fraction of sp³-hybridized carbons (Fsp3) is 0.250. The Labute approximate surface area is 114 Å². The minimum absolute atomic E-state index is 0.195. The van der Waals surface area contributed by atoms with Gasteiger partial charge in [-0.2, -0.15) is 8.78 Å². The molecule has 1 aromatic heterocycles. The number of sulfone groups is 1. The number of aryl methyl sites for hydroxylation is 1. The second kappa shape index (κ2) is 5.20. The standard InChI is InChI=1S/C12H12F2N2O3S/c1-7-5-8(3-4-10(7)20(2,17)18)9-6-15-16-11(9)19-12(13)14/h3-6,12H,1-2H3,(H,15,16). The second-order valence-corrected chi connectivity index (χ2v) is 6.22. The van der Waals surface area contributed by atoms with Gasteiger partial charge in [-0.1, -0.05) is 6.07 Å². The van der Waals surface area contributed by atoms with Crippen molar-refractivity contribution in [1.29, 1.82) is 0 Å². The lowest BCUT2D eigenvalue weighted by atomic mass is 10.1. The molecule has 0 saturated heterocycles. The molecule has 5 nitrogen and oxygen atoms in total. The Morgan fingerprint density at radius 3 is 2.60 bits per heavy atom. The first-order valence-corrected chi connectivity index (χ1v) is 7.48. The van der Waals surface area contributed by atoms with E-state index in [0.717, 1.165) is 6.26 Å². The Morgan fingerprint density at radius 1 is 1.35 bits per heavy atom. The van der Waals surface area contributed by atoms with Crippen molar-refractivity contribution in [3.8, 4) is 17.0 Å². The third kappa shape index (κ3) is 2.96. The number of halogens is 2. The van der Waals surface area contributed by atoms with Crippen molar-refractivity contribution in [2.24, 2.45) is 0 Å². The van der Waals surface area contributed by atoms with E-state index in [2.05, 4.69) is 14.9 Å². The summed E-state index contributed by atoms with van der Waals surface area (Å²) in [7, 11) is -3.32. The highest BCUT2D eigenvalue weighted by Crippen LogP contribution is 2.31. The van der Waals surface area contributed by atoms with E-state index in [1.165, 1.54) is 18.3 Å². The van der Waals surface area contributed by atoms with Crippen LogP contribution in [-0.2, 0) is 9.84 Å². The number of nitrogens with one attached hydrogen (secondary N) is 1. The lowest BCUT2D eigenvalue weighted by Crippen LogP contribution is -2.03. The number of aromatic nitrogens is 2. The molecule has 0 radical (unpaired) electrons. The molecule has 0 unspecified atom stereocenters. The van der Waals surface area contributed by atoms with Gasteiger partial charge in [0.25, 0.3) is 0 Å². The Morgan fingerprint density at radius 2 is 2.05 bits per heavy atom. The first-order valence-electron chi connectivity index (χ1n) is 5.58. The van der Waals surface area contributed by atoms with Crippen molar-refractivity contribution in [1.82, 2.24) is 10.2 Å². The maximum Gasteiger partial charge on any atom is 0.388 e. The summed E-state index contributed by atoms with van der Waals surface area (Å²) in [6.45, 7) is -1.35. The average molecular weight is 302 g/mol. The molecule has 8 heteroatoms. The molecule has 0 fully saturated rings. The highest BCUT2D eigenvalue weighted by Gasteiger charge is 2.16. The van der Waals surface area contributed by atoms with Crippen LogP contribution in [0.2, 0.25) is 0 Å². The zero-order valence-corrected chi connectivity index (χ0v) is 11.5. The number of rotatable bonds is 4. The minimum atomic E-state index is -3.32. The van der Waals surface area contributed by atoms with E-state index in [1.807, 2.05) is 0 Å². The first kappa shape index (κ1) is 14.4. The number of H-pyrrole nitrogens is 1. The van der Waals surface area contributed by atoms with Crippen LogP contribution in [-0.4, -0.2) is 31.5 Å². The Balaban J connectivity index is 2.45. The third-order valence-electron chi connectivity index (χ3n) is 2.69. The molecule has 0 aliphatic heterocycles. The lowest BCUT2D eigenvalue weighted by Gasteiger charge is -2.07. The van der Waals surface area contributed by atoms with Gasteiger partial charge in [0.05, 0.1) is 10.5 Å². The molecule has 0 aliphatic rings. The summed E-state index contributed by atoms with van der Waals surface area (Å²) in [5, 5.41) is 6.03. The molecule has 0 atom stereocenters. The van der Waals surface area contributed by atoms with Crippen molar-refractivity contribution in [2.45, 2.75) is 18.4 Å². The molecule has 1 N–H and O–H groups in total. The molecule has 0 spiro atoms. The van der Waals surface area contributed by atoms with Crippen molar-refractivity contribution < 1.29 is 21.9 Å². The second-order valence-electron chi connectivity index (χ2n) is 4.24. The van der Waals surface area contributed by atoms with Crippen molar-refractivity contribution in [3.63, 3.8) is 0 Å². The molecule has 0 aliphatic carbocycles. The van der Waals surface area contributed by atoms with Crippen LogP contribution in [0, 0.1) is 6.92 Å². The predicted molar refractivity (Wildman–Crippen MR) is 68.5 cm³/mol. The first-order chi connectivity index (χ1) is 9.29. The highest BCUT2D eigenvalue weighted by molar-refractivity contribution is 7.90. The topological polar surface area (TPSA) is 72.0 Å². The zero-order valence-electron chi connectivity index (χ0n) is 10.7. The molecule has 2 rings (SSSR count). The van der Waals surface area contributed by atoms with Gasteiger partial charge in [-0.05, 0) is 30.2 Å². The normalized spacial score (nSPS) is 11.8. The summed E-state index contributed by atoms with van der Waals surface area (Å²) in [5.41, 5.74) is 1.40. The van der Waals surface area contributed by atoms with Crippen LogP contribution < -0.4 is 4.74 Å². The van der Waals surface area contributed by atoms with E-state index in [4.69, 9.17) is 0 Å². The molecule has 0 bridgehead atoms. The molecule has 0 amide bonds. The Kier molecular flexibility index (Phi) is 3.76. The Bertz CT molecular complexity index is 726. The van der Waals surface area contributed by atoms with Gasteiger partial charge in [0.1, 0.15) is 0 Å². The van der Waals surface area contributed by atoms with E-state index in [9.17, 15) is 17.2 Å². The number of ether oxygens (including phenoxy) is 1. The molecule has 108 valence electrons. The average Bonchev–Trinajstić information content (AvgIpc) is 2.74. The largest absolute Gasteiger partial charge is 0.415 e. The van der Waals surface area contributed by atoms with Gasteiger partial charge < -0.3 is 4.74 Å². The van der Waals surface area contributed by atoms with E-state index in [-0.39, 0.29) is 10.8 Å². The summed E-state index contributed by atoms with van der Waals surface area (Å²) < 4.78 is 51.8. The van der Waals surface area contributed by atoms with Crippen molar-refractivity contribution in [3.05, 3.63) is 30.0 Å². The van der Waals surface area contributed by atoms with Gasteiger partial charge in [0, 0.05) is 12.5 Å². The van der Waals surface area contributed by atoms with E-state index in [0.29, 0.717) is 16.7 Å². The van der Waals surface area contributed by atoms with Gasteiger partial charge in [-0.25, -0.2) is 8.42 Å². The zero-order chi connectivity index (χ0) is 14.9. The van der Waals surface area contributed by atoms with Crippen LogP contribution in [0.1, 0.15) is 5.56 Å². The fourth-order valence-electron chi connectivity index (χ4n) is 1.89. The molecule has 20 heavy (non-hydrogen) atoms. The van der Waals surface area contributed by atoms with Crippen LogP contribution in [0.3, 0.4) is 0 Å². The Hall–Kier alpha value is -1.96. The van der Waals surface area contributed by atoms with Crippen LogP contribution in [0.15, 0.2) is 29.3 Å². The van der Waals surface area contributed by atoms with Gasteiger partial charge in [-0.15, -0.1) is 5.10 Å². The van der Waals surface area contributed by atoms with E-state index in [1.54, 1.807) is 13.0 Å². The van der Waals surface area contributed by atoms with Crippen LogP contribution in [0.25, 0.3) is 11.1 Å². The lowest BCUT2D eigenvalue weighted by molar-refractivity contribution is -0.0524. The molecule has 1 heterocycles. The number of alkyl halides is 2. The van der Waals surface area contributed by atoms with Crippen molar-refractivity contribution >= 4 is 9.84 Å². The van der Waals surface area contributed by atoms with Crippen LogP contribution in [0.4, 0.5) is 8.78 Å². The fourth-order valence-corrected chi connectivity index (χ4v) is 2.85. The number of hydrogen-bond acceptors (Lipinski definition) is 4. The quantitative estimate of drug-likeness (QED) is 0.941. The minimum Gasteiger partial charge on any atom is -0.415 e. The molecule has 1 aromatic carbocycles. The molecule has 0 saturated carbocycles. The van der Waals surface area contributed by atoms with E-state index >= 15 is 0 Å². The maximum absolute atomic E-state index is 12.2. The number of aromatic amines is 1. The number of hydrogen-bond donors (Lipinski definition) is 1. The maximum atomic E-state index is 12.2. The predicted octanol–water partition coefficient (Wildman–Crippen LogP) is 2.39.